The van der Waals surface area contributed by atoms with E-state index >= 15 is 0 Å². The fraction of sp³-hybridized carbons (Fsp3) is 0.583. The molecule has 0 amide bonds. The minimum atomic E-state index is 0.256. The topological polar surface area (TPSA) is 57.4 Å². The average molecular weight is 222 g/mol. The Labute approximate surface area is 95.8 Å². The van der Waals surface area contributed by atoms with E-state index in [0.717, 1.165) is 23.4 Å². The molecule has 1 aliphatic rings. The normalized spacial score (nSPS) is 23.2. The Balaban J connectivity index is 2.45. The van der Waals surface area contributed by atoms with Crippen molar-refractivity contribution in [3.8, 4) is 5.75 Å². The summed E-state index contributed by atoms with van der Waals surface area (Å²) in [4.78, 5) is 4.32. The number of pyridine rings is 1. The quantitative estimate of drug-likeness (QED) is 0.835. The van der Waals surface area contributed by atoms with Gasteiger partial charge in [-0.1, -0.05) is 0 Å². The zero-order chi connectivity index (χ0) is 11.7. The molecule has 0 unspecified atom stereocenters. The standard InChI is InChI=1S/C12H18N2O2/c1-7-12(16-3)11(9-4-10(9)13)8(5-14-7)6-15-2/h5,9-10H,4,6,13H2,1-3H3/t9-,10-/m1/s1. The van der Waals surface area contributed by atoms with Gasteiger partial charge in [0.2, 0.25) is 0 Å². The molecule has 1 aromatic rings. The molecule has 1 aliphatic carbocycles. The Bertz CT molecular complexity index is 393. The number of methoxy groups -OCH3 is 2. The van der Waals surface area contributed by atoms with Crippen LogP contribution in [-0.4, -0.2) is 25.2 Å². The summed E-state index contributed by atoms with van der Waals surface area (Å²) >= 11 is 0. The molecule has 2 atom stereocenters. The summed E-state index contributed by atoms with van der Waals surface area (Å²) in [6.45, 7) is 2.51. The summed E-state index contributed by atoms with van der Waals surface area (Å²) in [6, 6.07) is 0.256. The molecule has 1 heterocycles. The van der Waals surface area contributed by atoms with Gasteiger partial charge in [0, 0.05) is 36.4 Å². The number of aryl methyl sites for hydroxylation is 1. The van der Waals surface area contributed by atoms with Crippen LogP contribution in [0.1, 0.15) is 29.2 Å². The molecule has 2 rings (SSSR count). The van der Waals surface area contributed by atoms with Crippen LogP contribution in [0, 0.1) is 6.92 Å². The molecule has 0 aromatic carbocycles. The van der Waals surface area contributed by atoms with Gasteiger partial charge in [0.15, 0.2) is 0 Å². The van der Waals surface area contributed by atoms with Crippen molar-refractivity contribution in [2.75, 3.05) is 14.2 Å². The molecule has 0 aliphatic heterocycles. The summed E-state index contributed by atoms with van der Waals surface area (Å²) < 4.78 is 10.6. The van der Waals surface area contributed by atoms with Gasteiger partial charge in [0.05, 0.1) is 19.4 Å². The molecule has 0 saturated heterocycles. The average Bonchev–Trinajstić information content (AvgIpc) is 2.97. The molecule has 0 radical (unpaired) electrons. The zero-order valence-electron chi connectivity index (χ0n) is 9.99. The monoisotopic (exact) mass is 222 g/mol. The van der Waals surface area contributed by atoms with Gasteiger partial charge in [-0.05, 0) is 13.3 Å². The first-order valence-corrected chi connectivity index (χ1v) is 5.46. The molecular formula is C12H18N2O2. The van der Waals surface area contributed by atoms with Crippen molar-refractivity contribution in [3.05, 3.63) is 23.0 Å². The lowest BCUT2D eigenvalue weighted by Gasteiger charge is -2.14. The van der Waals surface area contributed by atoms with E-state index in [1.54, 1.807) is 14.2 Å². The van der Waals surface area contributed by atoms with E-state index in [-0.39, 0.29) is 6.04 Å². The van der Waals surface area contributed by atoms with Crippen LogP contribution < -0.4 is 10.5 Å². The van der Waals surface area contributed by atoms with Crippen LogP contribution in [0.4, 0.5) is 0 Å². The van der Waals surface area contributed by atoms with Gasteiger partial charge >= 0.3 is 0 Å². The van der Waals surface area contributed by atoms with E-state index in [0.29, 0.717) is 12.5 Å². The van der Waals surface area contributed by atoms with E-state index in [1.165, 1.54) is 5.56 Å². The molecule has 0 spiro atoms. The number of hydrogen-bond donors (Lipinski definition) is 1. The molecule has 1 saturated carbocycles. The SMILES string of the molecule is COCc1cnc(C)c(OC)c1[C@@H]1C[C@H]1N. The molecule has 4 heteroatoms. The van der Waals surface area contributed by atoms with Crippen molar-refractivity contribution in [1.82, 2.24) is 4.98 Å². The van der Waals surface area contributed by atoms with Crippen LogP contribution in [-0.2, 0) is 11.3 Å². The minimum Gasteiger partial charge on any atom is -0.495 e. The third-order valence-electron chi connectivity index (χ3n) is 3.05. The van der Waals surface area contributed by atoms with E-state index in [4.69, 9.17) is 15.2 Å². The first-order valence-electron chi connectivity index (χ1n) is 5.46. The van der Waals surface area contributed by atoms with Crippen molar-refractivity contribution in [2.24, 2.45) is 5.73 Å². The zero-order valence-corrected chi connectivity index (χ0v) is 9.99. The van der Waals surface area contributed by atoms with Crippen molar-refractivity contribution in [1.29, 1.82) is 0 Å². The lowest BCUT2D eigenvalue weighted by atomic mass is 10.0. The van der Waals surface area contributed by atoms with Crippen LogP contribution in [0.2, 0.25) is 0 Å². The number of ether oxygens (including phenoxy) is 2. The summed E-state index contributed by atoms with van der Waals surface area (Å²) in [6.07, 6.45) is 2.89. The Kier molecular flexibility index (Phi) is 3.12. The second kappa shape index (κ2) is 4.39. The first kappa shape index (κ1) is 11.4. The third-order valence-corrected chi connectivity index (χ3v) is 3.05. The van der Waals surface area contributed by atoms with E-state index in [9.17, 15) is 0 Å². The molecule has 16 heavy (non-hydrogen) atoms. The van der Waals surface area contributed by atoms with Crippen molar-refractivity contribution >= 4 is 0 Å². The summed E-state index contributed by atoms with van der Waals surface area (Å²) in [5.74, 6) is 1.27. The number of nitrogens with zero attached hydrogens (tertiary/aromatic N) is 1. The second-order valence-corrected chi connectivity index (χ2v) is 4.25. The van der Waals surface area contributed by atoms with Crippen LogP contribution in [0.15, 0.2) is 6.20 Å². The highest BCUT2D eigenvalue weighted by Gasteiger charge is 2.39. The summed E-state index contributed by atoms with van der Waals surface area (Å²) in [7, 11) is 3.36. The van der Waals surface area contributed by atoms with Crippen LogP contribution in [0.25, 0.3) is 0 Å². The molecule has 1 fully saturated rings. The van der Waals surface area contributed by atoms with E-state index < -0.39 is 0 Å². The highest BCUT2D eigenvalue weighted by Crippen LogP contribution is 2.45. The van der Waals surface area contributed by atoms with E-state index in [2.05, 4.69) is 4.98 Å². The van der Waals surface area contributed by atoms with Gasteiger partial charge in [-0.3, -0.25) is 4.98 Å². The smallest absolute Gasteiger partial charge is 0.143 e. The summed E-state index contributed by atoms with van der Waals surface area (Å²) in [5.41, 5.74) is 9.10. The molecule has 88 valence electrons. The van der Waals surface area contributed by atoms with Crippen molar-refractivity contribution < 1.29 is 9.47 Å². The molecule has 4 nitrogen and oxygen atoms in total. The molecule has 2 N–H and O–H groups in total. The predicted octanol–water partition coefficient (Wildman–Crippen LogP) is 1.36. The molecule has 1 aromatic heterocycles. The van der Waals surface area contributed by atoms with Gasteiger partial charge in [-0.25, -0.2) is 0 Å². The van der Waals surface area contributed by atoms with Gasteiger partial charge in [0.1, 0.15) is 5.75 Å². The minimum absolute atomic E-state index is 0.256. The second-order valence-electron chi connectivity index (χ2n) is 4.25. The lowest BCUT2D eigenvalue weighted by Crippen LogP contribution is -2.07. The van der Waals surface area contributed by atoms with Gasteiger partial charge in [-0.15, -0.1) is 0 Å². The maximum Gasteiger partial charge on any atom is 0.143 e. The highest BCUT2D eigenvalue weighted by molar-refractivity contribution is 5.47. The highest BCUT2D eigenvalue weighted by atomic mass is 16.5. The van der Waals surface area contributed by atoms with Gasteiger partial charge in [-0.2, -0.15) is 0 Å². The largest absolute Gasteiger partial charge is 0.495 e. The predicted molar refractivity (Wildman–Crippen MR) is 61.6 cm³/mol. The first-order chi connectivity index (χ1) is 7.69. The van der Waals surface area contributed by atoms with Crippen molar-refractivity contribution in [3.63, 3.8) is 0 Å². The summed E-state index contributed by atoms with van der Waals surface area (Å²) in [5, 5.41) is 0. The van der Waals surface area contributed by atoms with Crippen LogP contribution in [0.3, 0.4) is 0 Å². The number of aromatic nitrogens is 1. The lowest BCUT2D eigenvalue weighted by molar-refractivity contribution is 0.183. The fourth-order valence-corrected chi connectivity index (χ4v) is 2.12. The van der Waals surface area contributed by atoms with Crippen LogP contribution in [0.5, 0.6) is 5.75 Å². The van der Waals surface area contributed by atoms with Gasteiger partial charge < -0.3 is 15.2 Å². The number of rotatable bonds is 4. The Morgan fingerprint density at radius 3 is 2.69 bits per heavy atom. The maximum atomic E-state index is 5.92. The Morgan fingerprint density at radius 2 is 2.19 bits per heavy atom. The van der Waals surface area contributed by atoms with Crippen molar-refractivity contribution in [2.45, 2.75) is 31.9 Å². The molecular weight excluding hydrogens is 204 g/mol. The third kappa shape index (κ3) is 1.90. The molecule has 0 bridgehead atoms. The number of nitrogens with two attached hydrogens (primary N) is 1. The number of hydrogen-bond acceptors (Lipinski definition) is 4. The maximum absolute atomic E-state index is 5.92. The van der Waals surface area contributed by atoms with Crippen LogP contribution >= 0.6 is 0 Å². The Hall–Kier alpha value is -1.13. The Morgan fingerprint density at radius 1 is 1.50 bits per heavy atom. The fourth-order valence-electron chi connectivity index (χ4n) is 2.12. The van der Waals surface area contributed by atoms with Gasteiger partial charge in [0.25, 0.3) is 0 Å². The van der Waals surface area contributed by atoms with E-state index in [1.807, 2.05) is 13.1 Å².